The van der Waals surface area contributed by atoms with E-state index in [0.717, 1.165) is 39.2 Å². The second-order valence-electron chi connectivity index (χ2n) is 3.29. The van der Waals surface area contributed by atoms with Gasteiger partial charge in [0, 0.05) is 38.8 Å². The lowest BCUT2D eigenvalue weighted by atomic mass is 10.2. The van der Waals surface area contributed by atoms with Crippen molar-refractivity contribution >= 4 is 11.6 Å². The zero-order chi connectivity index (χ0) is 10.6. The van der Waals surface area contributed by atoms with Gasteiger partial charge in [0.1, 0.15) is 0 Å². The Morgan fingerprint density at radius 3 is 2.71 bits per heavy atom. The van der Waals surface area contributed by atoms with Crippen LogP contribution in [0.2, 0.25) is 0 Å². The van der Waals surface area contributed by atoms with Gasteiger partial charge in [-0.3, -0.25) is 0 Å². The number of alkyl halides is 1. The van der Waals surface area contributed by atoms with Crippen LogP contribution >= 0.6 is 11.6 Å². The van der Waals surface area contributed by atoms with E-state index in [9.17, 15) is 0 Å². The van der Waals surface area contributed by atoms with E-state index in [1.165, 1.54) is 0 Å². The highest BCUT2D eigenvalue weighted by Crippen LogP contribution is 1.92. The summed E-state index contributed by atoms with van der Waals surface area (Å²) in [6, 6.07) is 0.482. The zero-order valence-electron chi connectivity index (χ0n) is 9.22. The summed E-state index contributed by atoms with van der Waals surface area (Å²) < 4.78 is 10.3. The van der Waals surface area contributed by atoms with Gasteiger partial charge in [0.15, 0.2) is 0 Å². The number of ether oxygens (including phenoxy) is 2. The molecule has 1 atom stereocenters. The third kappa shape index (κ3) is 10.3. The quantitative estimate of drug-likeness (QED) is 0.451. The predicted molar refractivity (Wildman–Crippen MR) is 60.1 cm³/mol. The number of methoxy groups -OCH3 is 1. The summed E-state index contributed by atoms with van der Waals surface area (Å²) in [5, 5.41) is 3.33. The van der Waals surface area contributed by atoms with Gasteiger partial charge in [0.2, 0.25) is 0 Å². The smallest absolute Gasteiger partial charge is 0.0591 e. The molecule has 0 amide bonds. The molecule has 86 valence electrons. The summed E-state index contributed by atoms with van der Waals surface area (Å²) in [5.74, 6) is 0.711. The van der Waals surface area contributed by atoms with Crippen LogP contribution in [0.5, 0.6) is 0 Å². The zero-order valence-corrected chi connectivity index (χ0v) is 9.98. The van der Waals surface area contributed by atoms with E-state index in [-0.39, 0.29) is 0 Å². The van der Waals surface area contributed by atoms with E-state index in [2.05, 4.69) is 12.2 Å². The summed E-state index contributed by atoms with van der Waals surface area (Å²) in [5.41, 5.74) is 0. The molecule has 0 aliphatic carbocycles. The van der Waals surface area contributed by atoms with Gasteiger partial charge in [-0.2, -0.15) is 0 Å². The molecule has 0 aliphatic rings. The first-order valence-corrected chi connectivity index (χ1v) is 5.70. The summed E-state index contributed by atoms with van der Waals surface area (Å²) in [4.78, 5) is 0. The minimum absolute atomic E-state index is 0.482. The van der Waals surface area contributed by atoms with Gasteiger partial charge in [-0.15, -0.1) is 11.6 Å². The minimum atomic E-state index is 0.482. The lowest BCUT2D eigenvalue weighted by molar-refractivity contribution is 0.103. The Balaban J connectivity index is 2.98. The van der Waals surface area contributed by atoms with Crippen molar-refractivity contribution in [2.45, 2.75) is 25.8 Å². The van der Waals surface area contributed by atoms with Crippen LogP contribution in [-0.2, 0) is 9.47 Å². The van der Waals surface area contributed by atoms with Gasteiger partial charge >= 0.3 is 0 Å². The Morgan fingerprint density at radius 1 is 1.29 bits per heavy atom. The van der Waals surface area contributed by atoms with E-state index >= 15 is 0 Å². The molecule has 0 aromatic rings. The summed E-state index contributed by atoms with van der Waals surface area (Å²) in [6.07, 6.45) is 1.97. The molecule has 0 saturated heterocycles. The van der Waals surface area contributed by atoms with Crippen molar-refractivity contribution in [2.24, 2.45) is 0 Å². The fourth-order valence-electron chi connectivity index (χ4n) is 1.05. The van der Waals surface area contributed by atoms with Crippen molar-refractivity contribution < 1.29 is 9.47 Å². The first-order chi connectivity index (χ1) is 6.81. The average Bonchev–Trinajstić information content (AvgIpc) is 2.17. The van der Waals surface area contributed by atoms with Gasteiger partial charge < -0.3 is 14.8 Å². The molecule has 1 unspecified atom stereocenters. The SMILES string of the molecule is COCCCOCCNC(C)CCCl. The third-order valence-electron chi connectivity index (χ3n) is 1.92. The monoisotopic (exact) mass is 223 g/mol. The number of hydrogen-bond acceptors (Lipinski definition) is 3. The van der Waals surface area contributed by atoms with E-state index < -0.39 is 0 Å². The minimum Gasteiger partial charge on any atom is -0.385 e. The van der Waals surface area contributed by atoms with Crippen molar-refractivity contribution in [1.82, 2.24) is 5.32 Å². The molecule has 0 radical (unpaired) electrons. The van der Waals surface area contributed by atoms with Crippen LogP contribution in [-0.4, -0.2) is 45.4 Å². The first-order valence-electron chi connectivity index (χ1n) is 5.17. The van der Waals surface area contributed by atoms with Crippen LogP contribution in [0.4, 0.5) is 0 Å². The Morgan fingerprint density at radius 2 is 2.07 bits per heavy atom. The van der Waals surface area contributed by atoms with E-state index in [4.69, 9.17) is 21.1 Å². The van der Waals surface area contributed by atoms with Crippen molar-refractivity contribution in [3.05, 3.63) is 0 Å². The van der Waals surface area contributed by atoms with Crippen molar-refractivity contribution in [3.8, 4) is 0 Å². The molecular formula is C10H22ClNO2. The number of rotatable bonds is 10. The Labute approximate surface area is 92.1 Å². The number of nitrogens with one attached hydrogen (secondary N) is 1. The molecule has 3 nitrogen and oxygen atoms in total. The molecule has 0 aliphatic heterocycles. The second kappa shape index (κ2) is 11.2. The molecule has 0 saturated carbocycles. The van der Waals surface area contributed by atoms with Gasteiger partial charge in [-0.05, 0) is 19.8 Å². The van der Waals surface area contributed by atoms with Gasteiger partial charge in [0.05, 0.1) is 6.61 Å². The fourth-order valence-corrected chi connectivity index (χ4v) is 1.38. The molecule has 0 fully saturated rings. The van der Waals surface area contributed by atoms with E-state index in [1.807, 2.05) is 0 Å². The van der Waals surface area contributed by atoms with Crippen molar-refractivity contribution in [1.29, 1.82) is 0 Å². The van der Waals surface area contributed by atoms with Crippen LogP contribution < -0.4 is 5.32 Å². The van der Waals surface area contributed by atoms with E-state index in [0.29, 0.717) is 11.9 Å². The standard InChI is InChI=1S/C10H22ClNO2/c1-10(4-5-11)12-6-9-14-8-3-7-13-2/h10,12H,3-9H2,1-2H3. The molecule has 1 N–H and O–H groups in total. The maximum absolute atomic E-state index is 5.61. The highest BCUT2D eigenvalue weighted by molar-refractivity contribution is 6.17. The maximum Gasteiger partial charge on any atom is 0.0591 e. The highest BCUT2D eigenvalue weighted by Gasteiger charge is 1.98. The normalized spacial score (nSPS) is 13.1. The molecular weight excluding hydrogens is 202 g/mol. The van der Waals surface area contributed by atoms with Gasteiger partial charge in [0.25, 0.3) is 0 Å². The molecule has 0 bridgehead atoms. The van der Waals surface area contributed by atoms with Gasteiger partial charge in [-0.25, -0.2) is 0 Å². The molecule has 0 rings (SSSR count). The molecule has 0 aromatic heterocycles. The lowest BCUT2D eigenvalue weighted by Gasteiger charge is -2.11. The number of hydrogen-bond donors (Lipinski definition) is 1. The van der Waals surface area contributed by atoms with Gasteiger partial charge in [-0.1, -0.05) is 0 Å². The Bertz CT molecular complexity index is 114. The molecule has 0 heterocycles. The molecule has 0 aromatic carbocycles. The van der Waals surface area contributed by atoms with Crippen LogP contribution in [0.3, 0.4) is 0 Å². The predicted octanol–water partition coefficient (Wildman–Crippen LogP) is 1.65. The molecule has 14 heavy (non-hydrogen) atoms. The van der Waals surface area contributed by atoms with Crippen LogP contribution in [0.25, 0.3) is 0 Å². The van der Waals surface area contributed by atoms with Crippen molar-refractivity contribution in [2.75, 3.05) is 39.4 Å². The maximum atomic E-state index is 5.61. The summed E-state index contributed by atoms with van der Waals surface area (Å²) in [6.45, 7) is 5.34. The van der Waals surface area contributed by atoms with Crippen LogP contribution in [0.1, 0.15) is 19.8 Å². The van der Waals surface area contributed by atoms with Crippen LogP contribution in [0, 0.1) is 0 Å². The Hall–Kier alpha value is 0.170. The summed E-state index contributed by atoms with van der Waals surface area (Å²) >= 11 is 5.61. The van der Waals surface area contributed by atoms with E-state index in [1.54, 1.807) is 7.11 Å². The largest absolute Gasteiger partial charge is 0.385 e. The Kier molecular flexibility index (Phi) is 11.4. The highest BCUT2D eigenvalue weighted by atomic mass is 35.5. The molecule has 4 heteroatoms. The lowest BCUT2D eigenvalue weighted by Crippen LogP contribution is -2.29. The summed E-state index contributed by atoms with van der Waals surface area (Å²) in [7, 11) is 1.70. The average molecular weight is 224 g/mol. The fraction of sp³-hybridized carbons (Fsp3) is 1.00. The number of halogens is 1. The second-order valence-corrected chi connectivity index (χ2v) is 3.67. The molecule has 0 spiro atoms. The first kappa shape index (κ1) is 14.2. The van der Waals surface area contributed by atoms with Crippen molar-refractivity contribution in [3.63, 3.8) is 0 Å². The van der Waals surface area contributed by atoms with Crippen LogP contribution in [0.15, 0.2) is 0 Å². The third-order valence-corrected chi connectivity index (χ3v) is 2.14. The topological polar surface area (TPSA) is 30.5 Å².